The quantitative estimate of drug-likeness (QED) is 0.805. The smallest absolute Gasteiger partial charge is 0.252 e. The summed E-state index contributed by atoms with van der Waals surface area (Å²) in [5.74, 6) is 0.784. The number of benzene rings is 2. The molecule has 4 nitrogen and oxygen atoms in total. The van der Waals surface area contributed by atoms with E-state index in [0.717, 1.165) is 23.6 Å². The molecule has 0 saturated heterocycles. The maximum Gasteiger partial charge on any atom is 0.252 e. The van der Waals surface area contributed by atoms with Gasteiger partial charge in [-0.05, 0) is 24.6 Å². The number of anilines is 1. The predicted molar refractivity (Wildman–Crippen MR) is 103 cm³/mol. The van der Waals surface area contributed by atoms with Gasteiger partial charge in [-0.1, -0.05) is 30.3 Å². The van der Waals surface area contributed by atoms with E-state index < -0.39 is 0 Å². The number of nitrogens with one attached hydrogen (secondary N) is 1. The van der Waals surface area contributed by atoms with Crippen LogP contribution in [0.25, 0.3) is 0 Å². The van der Waals surface area contributed by atoms with Gasteiger partial charge in [-0.2, -0.15) is 0 Å². The number of Topliss-reactive ketones (excluding diaryl/α,β-unsaturated/α-hetero) is 1. The number of amides is 1. The van der Waals surface area contributed by atoms with E-state index in [2.05, 4.69) is 22.3 Å². The molecule has 0 atom stereocenters. The van der Waals surface area contributed by atoms with Crippen LogP contribution in [0, 0.1) is 0 Å². The van der Waals surface area contributed by atoms with Crippen LogP contribution in [-0.2, 0) is 0 Å². The van der Waals surface area contributed by atoms with Crippen molar-refractivity contribution in [2.75, 3.05) is 30.8 Å². The van der Waals surface area contributed by atoms with Gasteiger partial charge in [0.1, 0.15) is 0 Å². The highest BCUT2D eigenvalue weighted by Gasteiger charge is 2.22. The Bertz CT molecular complexity index is 762. The minimum atomic E-state index is -0.0959. The lowest BCUT2D eigenvalue weighted by atomic mass is 10.0. The summed E-state index contributed by atoms with van der Waals surface area (Å²) in [5, 5.41) is 2.98. The maximum absolute atomic E-state index is 12.5. The summed E-state index contributed by atoms with van der Waals surface area (Å²) < 4.78 is 0. The van der Waals surface area contributed by atoms with Crippen molar-refractivity contribution in [2.45, 2.75) is 17.7 Å². The number of para-hydroxylation sites is 1. The van der Waals surface area contributed by atoms with Crippen LogP contribution in [0.5, 0.6) is 0 Å². The SMILES string of the molecule is CN(CCCNC(=O)c1cccc2c1SCCC2=O)c1ccccc1. The zero-order chi connectivity index (χ0) is 17.6. The largest absolute Gasteiger partial charge is 0.375 e. The van der Waals surface area contributed by atoms with E-state index in [4.69, 9.17) is 0 Å². The fourth-order valence-electron chi connectivity index (χ4n) is 2.90. The minimum Gasteiger partial charge on any atom is -0.375 e. The van der Waals surface area contributed by atoms with Gasteiger partial charge in [-0.15, -0.1) is 11.8 Å². The lowest BCUT2D eigenvalue weighted by Crippen LogP contribution is -2.29. The molecule has 2 aromatic rings. The third-order valence-electron chi connectivity index (χ3n) is 4.29. The van der Waals surface area contributed by atoms with Crippen LogP contribution in [-0.4, -0.2) is 37.6 Å². The molecule has 2 aromatic carbocycles. The highest BCUT2D eigenvalue weighted by molar-refractivity contribution is 7.99. The van der Waals surface area contributed by atoms with Crippen molar-refractivity contribution in [1.29, 1.82) is 0 Å². The molecule has 0 unspecified atom stereocenters. The first-order valence-electron chi connectivity index (χ1n) is 8.50. The normalized spacial score (nSPS) is 13.2. The summed E-state index contributed by atoms with van der Waals surface area (Å²) in [6.07, 6.45) is 1.41. The van der Waals surface area contributed by atoms with Gasteiger partial charge in [0.25, 0.3) is 5.91 Å². The highest BCUT2D eigenvalue weighted by atomic mass is 32.2. The van der Waals surface area contributed by atoms with Crippen LogP contribution in [0.15, 0.2) is 53.4 Å². The summed E-state index contributed by atoms with van der Waals surface area (Å²) in [5.41, 5.74) is 2.47. The Kier molecular flexibility index (Phi) is 5.76. The lowest BCUT2D eigenvalue weighted by molar-refractivity contribution is 0.0950. The van der Waals surface area contributed by atoms with Crippen molar-refractivity contribution >= 4 is 29.1 Å². The molecular formula is C20H22N2O2S. The fraction of sp³-hybridized carbons (Fsp3) is 0.300. The molecule has 0 aliphatic carbocycles. The molecule has 1 aliphatic rings. The molecule has 1 heterocycles. The number of thioether (sulfide) groups is 1. The number of carbonyl (C=O) groups is 2. The van der Waals surface area contributed by atoms with E-state index in [-0.39, 0.29) is 11.7 Å². The molecule has 0 aromatic heterocycles. The van der Waals surface area contributed by atoms with Crippen molar-refractivity contribution in [3.8, 4) is 0 Å². The Morgan fingerprint density at radius 1 is 1.16 bits per heavy atom. The molecule has 0 bridgehead atoms. The van der Waals surface area contributed by atoms with Gasteiger partial charge in [0.05, 0.1) is 5.56 Å². The van der Waals surface area contributed by atoms with E-state index in [9.17, 15) is 9.59 Å². The van der Waals surface area contributed by atoms with E-state index in [1.54, 1.807) is 23.9 Å². The molecule has 130 valence electrons. The van der Waals surface area contributed by atoms with Gasteiger partial charge in [-0.3, -0.25) is 9.59 Å². The molecule has 1 N–H and O–H groups in total. The highest BCUT2D eigenvalue weighted by Crippen LogP contribution is 2.32. The second kappa shape index (κ2) is 8.21. The van der Waals surface area contributed by atoms with Gasteiger partial charge < -0.3 is 10.2 Å². The van der Waals surface area contributed by atoms with Crippen molar-refractivity contribution < 1.29 is 9.59 Å². The molecule has 5 heteroatoms. The monoisotopic (exact) mass is 354 g/mol. The van der Waals surface area contributed by atoms with Gasteiger partial charge >= 0.3 is 0 Å². The summed E-state index contributed by atoms with van der Waals surface area (Å²) in [7, 11) is 2.05. The minimum absolute atomic E-state index is 0.0959. The van der Waals surface area contributed by atoms with E-state index in [1.807, 2.05) is 31.3 Å². The predicted octanol–water partition coefficient (Wildman–Crippen LogP) is 3.62. The third-order valence-corrected chi connectivity index (χ3v) is 5.43. The number of fused-ring (bicyclic) bond motifs is 1. The second-order valence-electron chi connectivity index (χ2n) is 6.07. The Hall–Kier alpha value is -2.27. The zero-order valence-electron chi connectivity index (χ0n) is 14.3. The Labute approximate surface area is 152 Å². The van der Waals surface area contributed by atoms with Gasteiger partial charge in [0.15, 0.2) is 5.78 Å². The molecular weight excluding hydrogens is 332 g/mol. The number of rotatable bonds is 6. The van der Waals surface area contributed by atoms with Gasteiger partial charge in [0.2, 0.25) is 0 Å². The van der Waals surface area contributed by atoms with Gasteiger partial charge in [0, 0.05) is 48.5 Å². The average Bonchev–Trinajstić information content (AvgIpc) is 2.65. The van der Waals surface area contributed by atoms with Crippen LogP contribution in [0.4, 0.5) is 5.69 Å². The average molecular weight is 354 g/mol. The molecule has 3 rings (SSSR count). The number of carbonyl (C=O) groups excluding carboxylic acids is 2. The van der Waals surface area contributed by atoms with Crippen LogP contribution >= 0.6 is 11.8 Å². The number of hydrogen-bond donors (Lipinski definition) is 1. The van der Waals surface area contributed by atoms with Crippen molar-refractivity contribution in [2.24, 2.45) is 0 Å². The second-order valence-corrected chi connectivity index (χ2v) is 7.18. The first-order chi connectivity index (χ1) is 12.2. The number of hydrogen-bond acceptors (Lipinski definition) is 4. The molecule has 0 fully saturated rings. The number of nitrogens with zero attached hydrogens (tertiary/aromatic N) is 1. The topological polar surface area (TPSA) is 49.4 Å². The van der Waals surface area contributed by atoms with Crippen LogP contribution < -0.4 is 10.2 Å². The first kappa shape index (κ1) is 17.5. The van der Waals surface area contributed by atoms with E-state index >= 15 is 0 Å². The molecule has 0 radical (unpaired) electrons. The fourth-order valence-corrected chi connectivity index (χ4v) is 4.04. The molecule has 0 spiro atoms. The summed E-state index contributed by atoms with van der Waals surface area (Å²) in [6.45, 7) is 1.47. The zero-order valence-corrected chi connectivity index (χ0v) is 15.1. The van der Waals surface area contributed by atoms with Crippen LogP contribution in [0.3, 0.4) is 0 Å². The van der Waals surface area contributed by atoms with Crippen molar-refractivity contribution in [3.05, 3.63) is 59.7 Å². The van der Waals surface area contributed by atoms with Crippen LogP contribution in [0.2, 0.25) is 0 Å². The first-order valence-corrected chi connectivity index (χ1v) is 9.49. The summed E-state index contributed by atoms with van der Waals surface area (Å²) >= 11 is 1.60. The molecule has 1 amide bonds. The van der Waals surface area contributed by atoms with E-state index in [0.29, 0.717) is 24.1 Å². The van der Waals surface area contributed by atoms with Crippen LogP contribution in [0.1, 0.15) is 33.6 Å². The molecule has 1 aliphatic heterocycles. The van der Waals surface area contributed by atoms with Crippen molar-refractivity contribution in [3.63, 3.8) is 0 Å². The lowest BCUT2D eigenvalue weighted by Gasteiger charge is -2.20. The van der Waals surface area contributed by atoms with Crippen molar-refractivity contribution in [1.82, 2.24) is 5.32 Å². The Balaban J connectivity index is 1.54. The van der Waals surface area contributed by atoms with E-state index in [1.165, 1.54) is 5.69 Å². The molecule has 0 saturated carbocycles. The summed E-state index contributed by atoms with van der Waals surface area (Å²) in [4.78, 5) is 27.5. The summed E-state index contributed by atoms with van der Waals surface area (Å²) in [6, 6.07) is 15.6. The Morgan fingerprint density at radius 2 is 1.96 bits per heavy atom. The van der Waals surface area contributed by atoms with Gasteiger partial charge in [-0.25, -0.2) is 0 Å². The molecule has 25 heavy (non-hydrogen) atoms. The standard InChI is InChI=1S/C20H22N2O2S/c1-22(15-7-3-2-4-8-15)13-6-12-21-20(24)17-10-5-9-16-18(23)11-14-25-19(16)17/h2-5,7-10H,6,11-14H2,1H3,(H,21,24). The maximum atomic E-state index is 12.5. The number of ketones is 1. The Morgan fingerprint density at radius 3 is 2.76 bits per heavy atom. The third kappa shape index (κ3) is 4.23.